The van der Waals surface area contributed by atoms with E-state index in [-0.39, 0.29) is 37.0 Å². The van der Waals surface area contributed by atoms with Gasteiger partial charge in [-0.1, -0.05) is 38.1 Å². The maximum absolute atomic E-state index is 12.2. The maximum Gasteiger partial charge on any atom is 0.303 e. The summed E-state index contributed by atoms with van der Waals surface area (Å²) < 4.78 is 34.0. The van der Waals surface area contributed by atoms with E-state index in [1.54, 1.807) is 6.92 Å². The van der Waals surface area contributed by atoms with Gasteiger partial charge in [0, 0.05) is 57.8 Å². The largest absolute Gasteiger partial charge is 0.463 e. The first kappa shape index (κ1) is 38.9. The lowest BCUT2D eigenvalue weighted by atomic mass is 9.97. The van der Waals surface area contributed by atoms with Crippen LogP contribution >= 0.6 is 0 Å². The van der Waals surface area contributed by atoms with Crippen LogP contribution in [0.15, 0.2) is 24.3 Å². The molecule has 1 amide bonds. The fraction of sp³-hybridized carbons (Fsp3) is 0.588. The summed E-state index contributed by atoms with van der Waals surface area (Å²) in [4.78, 5) is 60.2. The van der Waals surface area contributed by atoms with Gasteiger partial charge >= 0.3 is 23.9 Å². The quantitative estimate of drug-likeness (QED) is 0.172. The Kier molecular flexibility index (Phi) is 14.6. The minimum Gasteiger partial charge on any atom is -0.463 e. The number of aliphatic hydroxyl groups is 1. The van der Waals surface area contributed by atoms with Gasteiger partial charge in [-0.15, -0.1) is 5.10 Å². The smallest absolute Gasteiger partial charge is 0.303 e. The second kappa shape index (κ2) is 18.3. The van der Waals surface area contributed by atoms with Crippen molar-refractivity contribution in [2.45, 2.75) is 117 Å². The summed E-state index contributed by atoms with van der Waals surface area (Å²) in [5.41, 5.74) is 3.48. The summed E-state index contributed by atoms with van der Waals surface area (Å²) >= 11 is 0. The summed E-state index contributed by atoms with van der Waals surface area (Å²) in [5, 5.41) is 19.3. The van der Waals surface area contributed by atoms with Crippen molar-refractivity contribution in [3.05, 3.63) is 46.6 Å². The first-order valence-electron chi connectivity index (χ1n) is 16.2. The predicted octanol–water partition coefficient (Wildman–Crippen LogP) is 2.41. The lowest BCUT2D eigenvalue weighted by molar-refractivity contribution is -0.289. The third-order valence-corrected chi connectivity index (χ3v) is 7.57. The molecule has 6 atom stereocenters. The summed E-state index contributed by atoms with van der Waals surface area (Å²) in [6.07, 6.45) is -4.61. The number of aromatic nitrogens is 2. The van der Waals surface area contributed by atoms with Crippen LogP contribution in [0, 0.1) is 0 Å². The lowest BCUT2D eigenvalue weighted by Gasteiger charge is -2.43. The molecule has 15 heteroatoms. The molecule has 1 saturated heterocycles. The molecule has 0 bridgehead atoms. The SMILES string of the molecule is CC(=O)OC[C@H]1O[C@@H](Oc2n[nH]c(C(C)C)c2Cc2ccc(CCCC(=O)N[C@@H](C)CO)cc2)[C@H](OC(C)=O)[C@@H](OC(C)=O)[C@@H]1OC(C)=O. The van der Waals surface area contributed by atoms with Crippen LogP contribution in [-0.4, -0.2) is 95.0 Å². The highest BCUT2D eigenvalue weighted by atomic mass is 16.7. The Labute approximate surface area is 285 Å². The number of nitrogens with one attached hydrogen (secondary N) is 2. The molecule has 1 aliphatic heterocycles. The molecule has 0 aliphatic carbocycles. The zero-order chi connectivity index (χ0) is 36.2. The molecule has 1 aliphatic rings. The van der Waals surface area contributed by atoms with Crippen LogP contribution < -0.4 is 10.1 Å². The van der Waals surface area contributed by atoms with Gasteiger partial charge in [-0.05, 0) is 36.8 Å². The van der Waals surface area contributed by atoms with E-state index >= 15 is 0 Å². The average molecular weight is 690 g/mol. The Hall–Kier alpha value is -4.50. The fourth-order valence-electron chi connectivity index (χ4n) is 5.37. The van der Waals surface area contributed by atoms with E-state index in [0.717, 1.165) is 37.6 Å². The van der Waals surface area contributed by atoms with Crippen molar-refractivity contribution in [3.8, 4) is 5.88 Å². The van der Waals surface area contributed by atoms with Gasteiger partial charge in [0.25, 0.3) is 0 Å². The molecule has 2 aromatic rings. The van der Waals surface area contributed by atoms with Crippen LogP contribution in [0.4, 0.5) is 0 Å². The zero-order valence-electron chi connectivity index (χ0n) is 29.0. The van der Waals surface area contributed by atoms with E-state index in [1.807, 2.05) is 38.1 Å². The van der Waals surface area contributed by atoms with E-state index in [0.29, 0.717) is 31.2 Å². The molecular formula is C34H47N3O12. The van der Waals surface area contributed by atoms with E-state index in [9.17, 15) is 24.0 Å². The van der Waals surface area contributed by atoms with Gasteiger partial charge in [0.15, 0.2) is 12.2 Å². The third-order valence-electron chi connectivity index (χ3n) is 7.57. The molecule has 49 heavy (non-hydrogen) atoms. The number of H-pyrrole nitrogens is 1. The Morgan fingerprint density at radius 2 is 1.47 bits per heavy atom. The normalized spacial score (nSPS) is 21.0. The average Bonchev–Trinajstić information content (AvgIpc) is 3.41. The molecule has 270 valence electrons. The standard InChI is InChI=1S/C34H47N3O12/c1-18(2)29-26(15-25-13-11-24(12-14-25)9-8-10-28(43)35-19(3)16-38)33(37-36-29)49-34-32(47-23(7)42)31(46-22(6)41)30(45-21(5)40)27(48-34)17-44-20(4)39/h11-14,18-19,27,30-32,34,38H,8-10,15-17H2,1-7H3,(H,35,43)(H,36,37)/t19-,27+,30+,31-,32+,34-/m0/s1. The minimum absolute atomic E-state index is 0.00854. The van der Waals surface area contributed by atoms with Crippen LogP contribution in [0.1, 0.15) is 89.6 Å². The number of benzene rings is 1. The van der Waals surface area contributed by atoms with Crippen molar-refractivity contribution in [1.29, 1.82) is 0 Å². The Bertz CT molecular complexity index is 1440. The molecule has 15 nitrogen and oxygen atoms in total. The Morgan fingerprint density at radius 3 is 2.04 bits per heavy atom. The number of esters is 4. The summed E-state index contributed by atoms with van der Waals surface area (Å²) in [5.74, 6) is -2.83. The molecule has 1 aromatic heterocycles. The van der Waals surface area contributed by atoms with Crippen molar-refractivity contribution < 1.29 is 57.5 Å². The van der Waals surface area contributed by atoms with Gasteiger partial charge in [-0.3, -0.25) is 29.1 Å². The highest BCUT2D eigenvalue weighted by Gasteiger charge is 2.53. The summed E-state index contributed by atoms with van der Waals surface area (Å²) in [6, 6.07) is 7.63. The van der Waals surface area contributed by atoms with Crippen LogP contribution in [0.5, 0.6) is 5.88 Å². The van der Waals surface area contributed by atoms with Gasteiger partial charge in [-0.25, -0.2) is 0 Å². The van der Waals surface area contributed by atoms with E-state index < -0.39 is 54.6 Å². The topological polar surface area (TPSA) is 202 Å². The van der Waals surface area contributed by atoms with E-state index in [2.05, 4.69) is 15.5 Å². The van der Waals surface area contributed by atoms with E-state index in [1.165, 1.54) is 6.92 Å². The van der Waals surface area contributed by atoms with Crippen molar-refractivity contribution in [2.75, 3.05) is 13.2 Å². The molecule has 0 radical (unpaired) electrons. The zero-order valence-corrected chi connectivity index (χ0v) is 29.0. The Morgan fingerprint density at radius 1 is 0.878 bits per heavy atom. The number of aliphatic hydroxyl groups excluding tert-OH is 1. The number of hydrogen-bond acceptors (Lipinski definition) is 13. The van der Waals surface area contributed by atoms with Gasteiger partial charge in [0.1, 0.15) is 12.7 Å². The van der Waals surface area contributed by atoms with Gasteiger partial charge in [0.2, 0.25) is 24.2 Å². The van der Waals surface area contributed by atoms with Crippen LogP contribution in [-0.2, 0) is 60.5 Å². The second-order valence-corrected chi connectivity index (χ2v) is 12.3. The lowest BCUT2D eigenvalue weighted by Crippen LogP contribution is -2.63. The number of aromatic amines is 1. The molecule has 1 aromatic carbocycles. The maximum atomic E-state index is 12.2. The number of ether oxygens (including phenoxy) is 6. The molecule has 1 fully saturated rings. The van der Waals surface area contributed by atoms with Crippen molar-refractivity contribution in [3.63, 3.8) is 0 Å². The van der Waals surface area contributed by atoms with Crippen molar-refractivity contribution >= 4 is 29.8 Å². The van der Waals surface area contributed by atoms with Crippen molar-refractivity contribution in [2.24, 2.45) is 0 Å². The van der Waals surface area contributed by atoms with E-state index in [4.69, 9.17) is 33.5 Å². The Balaban J connectivity index is 1.88. The number of rotatable bonds is 16. The molecule has 3 N–H and O–H groups in total. The molecule has 0 unspecified atom stereocenters. The molecule has 0 saturated carbocycles. The van der Waals surface area contributed by atoms with Gasteiger partial charge in [-0.2, -0.15) is 0 Å². The van der Waals surface area contributed by atoms with Gasteiger partial charge in [0.05, 0.1) is 6.61 Å². The third kappa shape index (κ3) is 11.9. The first-order chi connectivity index (χ1) is 23.2. The fourth-order valence-corrected chi connectivity index (χ4v) is 5.37. The monoisotopic (exact) mass is 689 g/mol. The highest BCUT2D eigenvalue weighted by molar-refractivity contribution is 5.76. The number of aryl methyl sites for hydroxylation is 1. The first-order valence-corrected chi connectivity index (χ1v) is 16.2. The molecule has 0 spiro atoms. The second-order valence-electron chi connectivity index (χ2n) is 12.3. The molecular weight excluding hydrogens is 642 g/mol. The van der Waals surface area contributed by atoms with Crippen LogP contribution in [0.25, 0.3) is 0 Å². The number of nitrogens with zero attached hydrogens (tertiary/aromatic N) is 1. The highest BCUT2D eigenvalue weighted by Crippen LogP contribution is 2.34. The van der Waals surface area contributed by atoms with Crippen LogP contribution in [0.3, 0.4) is 0 Å². The molecule has 2 heterocycles. The van der Waals surface area contributed by atoms with Crippen LogP contribution in [0.2, 0.25) is 0 Å². The number of carbonyl (C=O) groups is 5. The number of carbonyl (C=O) groups excluding carboxylic acids is 5. The summed E-state index contributed by atoms with van der Waals surface area (Å²) in [6.45, 7) is 9.84. The minimum atomic E-state index is -1.43. The number of hydrogen-bond donors (Lipinski definition) is 3. The van der Waals surface area contributed by atoms with Crippen molar-refractivity contribution in [1.82, 2.24) is 15.5 Å². The molecule has 3 rings (SSSR count). The predicted molar refractivity (Wildman–Crippen MR) is 172 cm³/mol. The number of amides is 1. The van der Waals surface area contributed by atoms with Gasteiger partial charge < -0.3 is 38.8 Å². The summed E-state index contributed by atoms with van der Waals surface area (Å²) in [7, 11) is 0.